The lowest BCUT2D eigenvalue weighted by atomic mass is 9.94. The minimum atomic E-state index is -0.830. The van der Waals surface area contributed by atoms with Crippen LogP contribution >= 0.6 is 24.2 Å². The van der Waals surface area contributed by atoms with Crippen molar-refractivity contribution in [2.75, 3.05) is 26.2 Å². The summed E-state index contributed by atoms with van der Waals surface area (Å²) in [6.07, 6.45) is 8.36. The number of rotatable bonds is 6. The van der Waals surface area contributed by atoms with Crippen LogP contribution in [-0.2, 0) is 9.63 Å². The molecule has 1 unspecified atom stereocenters. The molecular weight excluding hydrogens is 414 g/mol. The van der Waals surface area contributed by atoms with Gasteiger partial charge < -0.3 is 20.6 Å². The van der Waals surface area contributed by atoms with E-state index < -0.39 is 12.0 Å². The fourth-order valence-electron chi connectivity index (χ4n) is 4.73. The first-order chi connectivity index (χ1) is 13.4. The number of nitrogens with one attached hydrogen (secondary N) is 2. The number of carboxylic acid groups (broad SMARTS) is 1. The molecule has 166 valence electrons. The molecule has 8 nitrogen and oxygen atoms in total. The minimum Gasteiger partial charge on any atom is -0.480 e. The molecule has 0 spiro atoms. The average Bonchev–Trinajstić information content (AvgIpc) is 3.14. The zero-order chi connectivity index (χ0) is 19.7. The predicted octanol–water partition coefficient (Wildman–Crippen LogP) is 1.72. The van der Waals surface area contributed by atoms with Crippen molar-refractivity contribution in [3.05, 3.63) is 0 Å². The first-order valence-corrected chi connectivity index (χ1v) is 11.4. The summed E-state index contributed by atoms with van der Waals surface area (Å²) in [5.74, 6) is -0.0375. The van der Waals surface area contributed by atoms with E-state index >= 15 is 0 Å². The SMILES string of the molecule is CC1(C)S[C@@H]2[C@H](N=CN3CCCC(CCC4NCCN4)CC3)ON2[C@H]1C(=O)O.Cl. The average molecular weight is 448 g/mol. The fourth-order valence-corrected chi connectivity index (χ4v) is 6.20. The van der Waals surface area contributed by atoms with Gasteiger partial charge in [0.25, 0.3) is 0 Å². The molecule has 0 bridgehead atoms. The van der Waals surface area contributed by atoms with Gasteiger partial charge in [-0.3, -0.25) is 9.63 Å². The Hall–Kier alpha value is -0.580. The second kappa shape index (κ2) is 9.70. The van der Waals surface area contributed by atoms with Crippen LogP contribution < -0.4 is 10.6 Å². The third-order valence-electron chi connectivity index (χ3n) is 6.33. The topological polar surface area (TPSA) is 89.4 Å². The number of carbonyl (C=O) groups is 1. The van der Waals surface area contributed by atoms with Crippen LogP contribution in [0.4, 0.5) is 0 Å². The second-order valence-electron chi connectivity index (χ2n) is 8.84. The molecule has 0 aliphatic carbocycles. The van der Waals surface area contributed by atoms with Crippen molar-refractivity contribution in [1.82, 2.24) is 20.6 Å². The Kier molecular flexibility index (Phi) is 7.72. The molecule has 0 radical (unpaired) electrons. The molecule has 0 amide bonds. The highest BCUT2D eigenvalue weighted by molar-refractivity contribution is 8.01. The van der Waals surface area contributed by atoms with Gasteiger partial charge in [-0.1, -0.05) is 0 Å². The summed E-state index contributed by atoms with van der Waals surface area (Å²) >= 11 is 1.65. The van der Waals surface area contributed by atoms with Crippen molar-refractivity contribution < 1.29 is 14.7 Å². The Morgan fingerprint density at radius 2 is 2.03 bits per heavy atom. The van der Waals surface area contributed by atoms with E-state index in [4.69, 9.17) is 4.84 Å². The van der Waals surface area contributed by atoms with E-state index in [9.17, 15) is 9.90 Å². The standard InChI is InChI=1S/C19H33N5O3S.ClH/c1-19(2)15(18(25)26)24-17(28-19)16(27-24)22-12-23-10-3-4-13(7-11-23)5-6-14-20-8-9-21-14;/h12-17,20-21H,3-11H2,1-2H3,(H,25,26);1H/t13?,15-,16+,17+;/m0./s1. The number of thioether (sulfide) groups is 1. The van der Waals surface area contributed by atoms with Gasteiger partial charge in [-0.15, -0.1) is 24.2 Å². The zero-order valence-electron chi connectivity index (χ0n) is 17.2. The number of hydrogen-bond acceptors (Lipinski definition) is 7. The summed E-state index contributed by atoms with van der Waals surface area (Å²) in [6, 6.07) is -0.614. The summed E-state index contributed by atoms with van der Waals surface area (Å²) in [6.45, 7) is 8.18. The number of fused-ring (bicyclic) bond motifs is 1. The van der Waals surface area contributed by atoms with Crippen LogP contribution in [0, 0.1) is 5.92 Å². The predicted molar refractivity (Wildman–Crippen MR) is 117 cm³/mol. The molecule has 0 aromatic heterocycles. The van der Waals surface area contributed by atoms with Gasteiger partial charge in [-0.2, -0.15) is 5.06 Å². The molecule has 4 heterocycles. The molecule has 4 aliphatic rings. The van der Waals surface area contributed by atoms with E-state index in [0.717, 1.165) is 32.1 Å². The number of hydrogen-bond donors (Lipinski definition) is 3. The maximum atomic E-state index is 11.5. The molecule has 0 aromatic rings. The third kappa shape index (κ3) is 5.19. The van der Waals surface area contributed by atoms with Crippen LogP contribution in [0.5, 0.6) is 0 Å². The van der Waals surface area contributed by atoms with Crippen molar-refractivity contribution in [2.24, 2.45) is 10.9 Å². The molecule has 4 rings (SSSR count). The van der Waals surface area contributed by atoms with Gasteiger partial charge in [0.05, 0.1) is 12.5 Å². The Morgan fingerprint density at radius 3 is 2.76 bits per heavy atom. The van der Waals surface area contributed by atoms with Crippen LogP contribution in [-0.4, -0.2) is 82.1 Å². The third-order valence-corrected chi connectivity index (χ3v) is 7.84. The quantitative estimate of drug-likeness (QED) is 0.419. The maximum Gasteiger partial charge on any atom is 0.324 e. The summed E-state index contributed by atoms with van der Waals surface area (Å²) in [5.41, 5.74) is 0. The van der Waals surface area contributed by atoms with Crippen LogP contribution in [0.3, 0.4) is 0 Å². The summed E-state index contributed by atoms with van der Waals surface area (Å²) in [4.78, 5) is 24.2. The van der Waals surface area contributed by atoms with Gasteiger partial charge in [0, 0.05) is 30.9 Å². The van der Waals surface area contributed by atoms with Gasteiger partial charge in [-0.05, 0) is 51.9 Å². The monoisotopic (exact) mass is 447 g/mol. The van der Waals surface area contributed by atoms with Gasteiger partial charge in [-0.25, -0.2) is 4.99 Å². The molecule has 4 aliphatic heterocycles. The van der Waals surface area contributed by atoms with Crippen LogP contribution in [0.1, 0.15) is 46.0 Å². The molecule has 29 heavy (non-hydrogen) atoms. The molecular formula is C19H34ClN5O3S. The zero-order valence-corrected chi connectivity index (χ0v) is 18.9. The highest BCUT2D eigenvalue weighted by Crippen LogP contribution is 2.51. The number of carboxylic acids is 1. The molecule has 3 N–H and O–H groups in total. The number of halogens is 1. The lowest BCUT2D eigenvalue weighted by Crippen LogP contribution is -2.59. The Morgan fingerprint density at radius 1 is 1.28 bits per heavy atom. The normalized spacial score (nSPS) is 35.2. The van der Waals surface area contributed by atoms with Crippen molar-refractivity contribution in [1.29, 1.82) is 0 Å². The van der Waals surface area contributed by atoms with Crippen molar-refractivity contribution >= 4 is 36.5 Å². The van der Waals surface area contributed by atoms with Crippen LogP contribution in [0.2, 0.25) is 0 Å². The van der Waals surface area contributed by atoms with Gasteiger partial charge in [0.2, 0.25) is 0 Å². The van der Waals surface area contributed by atoms with E-state index in [1.165, 1.54) is 32.1 Å². The maximum absolute atomic E-state index is 11.5. The van der Waals surface area contributed by atoms with Crippen LogP contribution in [0.25, 0.3) is 0 Å². The summed E-state index contributed by atoms with van der Waals surface area (Å²) in [7, 11) is 0. The minimum absolute atomic E-state index is 0. The highest BCUT2D eigenvalue weighted by Gasteiger charge is 2.61. The van der Waals surface area contributed by atoms with Gasteiger partial charge >= 0.3 is 5.97 Å². The van der Waals surface area contributed by atoms with Crippen molar-refractivity contribution in [3.8, 4) is 0 Å². The summed E-state index contributed by atoms with van der Waals surface area (Å²) in [5, 5.41) is 18.1. The second-order valence-corrected chi connectivity index (χ2v) is 10.6. The molecule has 4 saturated heterocycles. The number of likely N-dealkylation sites (tertiary alicyclic amines) is 1. The number of aliphatic carboxylic acids is 1. The number of aliphatic imine (C=N–C) groups is 1. The van der Waals surface area contributed by atoms with Crippen LogP contribution in [0.15, 0.2) is 4.99 Å². The lowest BCUT2D eigenvalue weighted by Gasteiger charge is -2.40. The lowest BCUT2D eigenvalue weighted by molar-refractivity contribution is -0.318. The smallest absolute Gasteiger partial charge is 0.324 e. The Balaban J connectivity index is 0.00000240. The Labute approximate surface area is 183 Å². The summed E-state index contributed by atoms with van der Waals surface area (Å²) < 4.78 is -0.375. The number of nitrogens with zero attached hydrogens (tertiary/aromatic N) is 3. The Bertz CT molecular complexity index is 604. The fraction of sp³-hybridized carbons (Fsp3) is 0.895. The van der Waals surface area contributed by atoms with Crippen molar-refractivity contribution in [3.63, 3.8) is 0 Å². The van der Waals surface area contributed by atoms with E-state index in [-0.39, 0.29) is 28.8 Å². The van der Waals surface area contributed by atoms with E-state index in [1.54, 1.807) is 16.8 Å². The van der Waals surface area contributed by atoms with E-state index in [1.807, 2.05) is 20.2 Å². The molecule has 4 fully saturated rings. The largest absolute Gasteiger partial charge is 0.480 e. The van der Waals surface area contributed by atoms with E-state index in [2.05, 4.69) is 20.5 Å². The van der Waals surface area contributed by atoms with E-state index in [0.29, 0.717) is 6.17 Å². The molecule has 10 heteroatoms. The first kappa shape index (κ1) is 23.1. The molecule has 0 saturated carbocycles. The molecule has 4 atom stereocenters. The highest BCUT2D eigenvalue weighted by atomic mass is 35.5. The molecule has 0 aromatic carbocycles. The van der Waals surface area contributed by atoms with Gasteiger partial charge in [0.1, 0.15) is 11.4 Å². The van der Waals surface area contributed by atoms with Crippen molar-refractivity contribution in [2.45, 2.75) is 74.5 Å². The first-order valence-electron chi connectivity index (χ1n) is 10.5. The number of hydroxylamine groups is 2. The van der Waals surface area contributed by atoms with Gasteiger partial charge in [0.15, 0.2) is 6.23 Å².